The van der Waals surface area contributed by atoms with Gasteiger partial charge in [-0.1, -0.05) is 7.43 Å². The zero-order valence-corrected chi connectivity index (χ0v) is 51.2. The molecule has 2 rings (SSSR count). The number of carboxylic acids is 1. The van der Waals surface area contributed by atoms with E-state index in [1.165, 1.54) is 0 Å². The van der Waals surface area contributed by atoms with Crippen molar-refractivity contribution in [1.29, 1.82) is 5.53 Å². The SMILES string of the molecule is C.C[C@@H]1OCC(=O)[C@H]1NC(=O)OC(C)(C)C.C[C@@H]1OCC(=O)[C@H]1[NH3+].C[C@H](OC(C)(C)C)[C@H](NC(=O)OC(C)(C)C)C(=O)C=[N+]=N.C[C@H](OC(C)(C)C)[C@H](NC(=O)OC(C)(C)C)C(=O)O.Cl.O.[Ac].[Cl-].[Cl-].[Li+]. The van der Waals surface area contributed by atoms with E-state index in [0.29, 0.717) is 0 Å². The summed E-state index contributed by atoms with van der Waals surface area (Å²) in [7, 11) is 0. The Kier molecular flexibility index (Phi) is 48.8. The van der Waals surface area contributed by atoms with Crippen molar-refractivity contribution in [2.75, 3.05) is 13.2 Å². The van der Waals surface area contributed by atoms with Gasteiger partial charge in [-0.15, -0.1) is 12.4 Å². The molecule has 407 valence electrons. The van der Waals surface area contributed by atoms with Crippen LogP contribution < -0.4 is 65.4 Å². The molecule has 0 aromatic heterocycles. The van der Waals surface area contributed by atoms with Crippen LogP contribution in [-0.4, -0.2) is 153 Å². The Hall–Kier alpha value is -1.66. The quantitative estimate of drug-likeness (QED) is 0.0392. The third kappa shape index (κ3) is 43.9. The molecule has 70 heavy (non-hydrogen) atoms. The molecule has 22 nitrogen and oxygen atoms in total. The summed E-state index contributed by atoms with van der Waals surface area (Å²) in [5.74, 6) is -1.68. The number of rotatable bonds is 10. The zero-order chi connectivity index (χ0) is 50.1. The number of hydrogen-bond donors (Lipinski definition) is 6. The van der Waals surface area contributed by atoms with Crippen LogP contribution in [0.15, 0.2) is 0 Å². The number of alkyl carbamates (subject to hydrolysis) is 3. The van der Waals surface area contributed by atoms with E-state index in [9.17, 15) is 33.6 Å². The van der Waals surface area contributed by atoms with E-state index in [4.69, 9.17) is 43.8 Å². The minimum atomic E-state index is -1.16. The number of carbonyl (C=O) groups is 7. The van der Waals surface area contributed by atoms with E-state index < -0.39 is 88.4 Å². The van der Waals surface area contributed by atoms with Gasteiger partial charge in [-0.3, -0.25) is 14.4 Å². The van der Waals surface area contributed by atoms with Crippen LogP contribution in [0.4, 0.5) is 14.4 Å². The first kappa shape index (κ1) is 88.0. The molecule has 0 aromatic carbocycles. The molecule has 2 aliphatic rings. The minimum absolute atomic E-state index is 0. The summed E-state index contributed by atoms with van der Waals surface area (Å²) >= 11 is 0. The number of quaternary nitrogens is 1. The third-order valence-corrected chi connectivity index (χ3v) is 7.57. The second-order valence-corrected chi connectivity index (χ2v) is 19.8. The maximum Gasteiger partial charge on any atom is 1.00 e. The summed E-state index contributed by atoms with van der Waals surface area (Å²) in [4.78, 5) is 82.7. The molecule has 0 bridgehead atoms. The Morgan fingerprint density at radius 2 is 1.01 bits per heavy atom. The first-order valence-electron chi connectivity index (χ1n) is 20.6. The molecule has 0 unspecified atom stereocenters. The van der Waals surface area contributed by atoms with Crippen molar-refractivity contribution in [2.24, 2.45) is 0 Å². The van der Waals surface area contributed by atoms with Crippen LogP contribution >= 0.6 is 12.4 Å². The van der Waals surface area contributed by atoms with Gasteiger partial charge in [0.2, 0.25) is 5.78 Å². The van der Waals surface area contributed by atoms with Crippen molar-refractivity contribution >= 4 is 60.2 Å². The fraction of sp³-hybridized carbons (Fsp3) is 0.814. The normalized spacial score (nSPS) is 18.7. The number of hydrogen-bond acceptors (Lipinski definition) is 15. The van der Waals surface area contributed by atoms with Crippen molar-refractivity contribution in [3.05, 3.63) is 0 Å². The Morgan fingerprint density at radius 1 is 0.686 bits per heavy atom. The van der Waals surface area contributed by atoms with E-state index in [2.05, 4.69) is 26.5 Å². The van der Waals surface area contributed by atoms with Crippen molar-refractivity contribution in [3.63, 3.8) is 0 Å². The fourth-order valence-corrected chi connectivity index (χ4v) is 5.06. The van der Waals surface area contributed by atoms with Crippen LogP contribution in [0, 0.1) is 49.6 Å². The molecular weight excluding hydrogens is 1200 g/mol. The standard InChI is InChI=1S/C14H25N3O4.C13H25NO5.C10H17NO4.C5H9NO2.CH4.Ac.3ClH.Li.H2O/c1-9(20-13(2,3)4)11(10(18)8-16-15)17-12(19)21-14(5,6)7;1-8(18-12(2,3)4)9(10(15)16)14-11(17)19-13(5,6)7;1-6-8(7(12)5-14-6)11-9(13)15-10(2,3)4;1-3-5(6)4(7)2-8-3;;;;;;;/h8-9,11,15H,1-7H3;8-9H,1-7H3,(H,14,17)(H,15,16);6,8H,5H2,1-4H3,(H,11,13);3,5H,2,6H2,1H3;1H4;;3*1H;;1H2/q;;;;;;;;;+1;/t9-,11-;8-,9-;6-,8-;3-,5-;;;;;;;/m0000......./s1. The summed E-state index contributed by atoms with van der Waals surface area (Å²) in [6.45, 7) is 33.8. The molecule has 0 spiro atoms. The molecule has 2 heterocycles. The molecular formula is C43H85AcCl3LiN6O16+. The molecule has 27 heteroatoms. The number of amides is 3. The van der Waals surface area contributed by atoms with E-state index in [1.54, 1.807) is 83.1 Å². The van der Waals surface area contributed by atoms with E-state index in [-0.39, 0.29) is 156 Å². The topological polar surface area (TPSA) is 338 Å². The summed E-state index contributed by atoms with van der Waals surface area (Å²) in [6, 6.07) is -2.84. The molecule has 0 aliphatic carbocycles. The Morgan fingerprint density at radius 3 is 1.27 bits per heavy atom. The fourth-order valence-electron chi connectivity index (χ4n) is 5.06. The van der Waals surface area contributed by atoms with E-state index >= 15 is 0 Å². The van der Waals surface area contributed by atoms with Gasteiger partial charge in [0.1, 0.15) is 48.2 Å². The number of aliphatic carboxylic acids is 1. The largest absolute Gasteiger partial charge is 1.00 e. The van der Waals surface area contributed by atoms with Crippen LogP contribution in [0.3, 0.4) is 0 Å². The average Bonchev–Trinajstić information content (AvgIpc) is 3.52. The molecule has 10 N–H and O–H groups in total. The smallest absolute Gasteiger partial charge is 1.00 e. The Bertz CT molecular complexity index is 1620. The van der Waals surface area contributed by atoms with Gasteiger partial charge in [0.15, 0.2) is 17.9 Å². The summed E-state index contributed by atoms with van der Waals surface area (Å²) in [5.41, 5.74) is 7.47. The third-order valence-electron chi connectivity index (χ3n) is 7.57. The van der Waals surface area contributed by atoms with Gasteiger partial charge in [0.25, 0.3) is 5.78 Å². The monoisotopic (exact) mass is 1280 g/mol. The Balaban J connectivity index is -0.000000101. The summed E-state index contributed by atoms with van der Waals surface area (Å²) in [5, 5.41) is 16.4. The van der Waals surface area contributed by atoms with Crippen LogP contribution in [0.2, 0.25) is 0 Å². The number of halogens is 3. The van der Waals surface area contributed by atoms with Gasteiger partial charge < -0.3 is 90.2 Å². The van der Waals surface area contributed by atoms with Crippen molar-refractivity contribution < 1.29 is 176 Å². The predicted octanol–water partition coefficient (Wildman–Crippen LogP) is -5.17. The number of ether oxygens (including phenoxy) is 7. The van der Waals surface area contributed by atoms with Gasteiger partial charge in [-0.25, -0.2) is 19.2 Å². The van der Waals surface area contributed by atoms with Crippen molar-refractivity contribution in [3.8, 4) is 0 Å². The van der Waals surface area contributed by atoms with E-state index in [1.807, 2.05) is 48.5 Å². The van der Waals surface area contributed by atoms with Crippen LogP contribution in [-0.2, 0) is 52.3 Å². The molecule has 0 aromatic rings. The van der Waals surface area contributed by atoms with Crippen molar-refractivity contribution in [2.45, 2.75) is 216 Å². The summed E-state index contributed by atoms with van der Waals surface area (Å²) < 4.78 is 36.5. The maximum absolute atomic E-state index is 12.0. The first-order chi connectivity index (χ1) is 28.2. The summed E-state index contributed by atoms with van der Waals surface area (Å²) in [6.07, 6.45) is -2.77. The predicted molar refractivity (Wildman–Crippen MR) is 247 cm³/mol. The van der Waals surface area contributed by atoms with E-state index in [0.717, 1.165) is 6.21 Å². The number of nitrogens with zero attached hydrogens (tertiary/aromatic N) is 1. The zero-order valence-electron chi connectivity index (χ0n) is 44.2. The van der Waals surface area contributed by atoms with Gasteiger partial charge in [0, 0.05) is 44.1 Å². The molecule has 1 radical (unpaired) electrons. The number of carboxylic acid groups (broad SMARTS) is 1. The first-order valence-corrected chi connectivity index (χ1v) is 20.6. The molecule has 3 amide bonds. The number of nitrogens with one attached hydrogen (secondary N) is 4. The molecule has 2 saturated heterocycles. The van der Waals surface area contributed by atoms with Crippen LogP contribution in [0.1, 0.15) is 139 Å². The maximum atomic E-state index is 12.0. The Labute approximate surface area is 482 Å². The molecule has 0 saturated carbocycles. The molecule has 8 atom stereocenters. The van der Waals surface area contributed by atoms with Crippen molar-refractivity contribution in [1.82, 2.24) is 16.0 Å². The number of ketones is 3. The van der Waals surface area contributed by atoms with Gasteiger partial charge in [-0.05, 0) is 132 Å². The number of Topliss-reactive ketones (excluding diaryl/α,β-unsaturated/α-hetero) is 3. The molecule has 2 aliphatic heterocycles. The number of carbonyl (C=O) groups excluding carboxylic acids is 6. The second kappa shape index (κ2) is 38.8. The van der Waals surface area contributed by atoms with Crippen LogP contribution in [0.5, 0.6) is 0 Å². The van der Waals surface area contributed by atoms with Gasteiger partial charge in [0.05, 0.1) is 39.8 Å². The second-order valence-electron chi connectivity index (χ2n) is 19.8. The van der Waals surface area contributed by atoms with Crippen LogP contribution in [0.25, 0.3) is 0 Å². The minimum Gasteiger partial charge on any atom is -1.00 e. The average molecular weight is 1280 g/mol. The molecule has 2 fully saturated rings. The van der Waals surface area contributed by atoms with Gasteiger partial charge >= 0.3 is 49.3 Å². The van der Waals surface area contributed by atoms with Gasteiger partial charge in [-0.2, -0.15) is 0 Å².